The number of hydrogen-bond donors (Lipinski definition) is 1. The molecular formula is C10H7N3O2. The zero-order chi connectivity index (χ0) is 10.8. The summed E-state index contributed by atoms with van der Waals surface area (Å²) >= 11 is 0. The quantitative estimate of drug-likeness (QED) is 0.551. The van der Waals surface area contributed by atoms with Crippen LogP contribution >= 0.6 is 0 Å². The minimum atomic E-state index is -0.639. The molecule has 0 aliphatic carbocycles. The van der Waals surface area contributed by atoms with E-state index in [2.05, 4.69) is 5.32 Å². The maximum absolute atomic E-state index is 11.4. The Morgan fingerprint density at radius 1 is 1.40 bits per heavy atom. The zero-order valence-electron chi connectivity index (χ0n) is 7.73. The zero-order valence-corrected chi connectivity index (χ0v) is 7.73. The summed E-state index contributed by atoms with van der Waals surface area (Å²) < 4.78 is 0. The van der Waals surface area contributed by atoms with Crippen LogP contribution in [0.25, 0.3) is 0 Å². The fourth-order valence-electron chi connectivity index (χ4n) is 1.45. The maximum atomic E-state index is 11.4. The number of carbonyl (C=O) groups excluding carboxylic acids is 2. The molecule has 2 aliphatic rings. The van der Waals surface area contributed by atoms with Gasteiger partial charge in [0.05, 0.1) is 5.70 Å². The fourth-order valence-corrected chi connectivity index (χ4v) is 1.45. The Labute approximate surface area is 86.0 Å². The summed E-state index contributed by atoms with van der Waals surface area (Å²) in [5.74, 6) is -1.05. The number of imide groups is 1. The SMILES string of the molecule is N#CC1=C2C=CC=CN2CC(=O)NC1=O. The van der Waals surface area contributed by atoms with Crippen LogP contribution in [-0.4, -0.2) is 23.3 Å². The molecule has 2 heterocycles. The van der Waals surface area contributed by atoms with Crippen LogP contribution in [0.4, 0.5) is 0 Å². The molecule has 74 valence electrons. The van der Waals surface area contributed by atoms with Gasteiger partial charge in [0.2, 0.25) is 5.91 Å². The molecule has 0 aromatic rings. The van der Waals surface area contributed by atoms with Gasteiger partial charge in [0.1, 0.15) is 18.2 Å². The number of nitrogens with zero attached hydrogens (tertiary/aromatic N) is 2. The van der Waals surface area contributed by atoms with Gasteiger partial charge in [-0.15, -0.1) is 0 Å². The van der Waals surface area contributed by atoms with E-state index in [0.717, 1.165) is 0 Å². The highest BCUT2D eigenvalue weighted by Gasteiger charge is 2.26. The Balaban J connectivity index is 2.53. The topological polar surface area (TPSA) is 73.2 Å². The molecule has 2 rings (SSSR count). The second kappa shape index (κ2) is 3.42. The van der Waals surface area contributed by atoms with Crippen molar-refractivity contribution < 1.29 is 9.59 Å². The number of rotatable bonds is 0. The van der Waals surface area contributed by atoms with Gasteiger partial charge in [-0.25, -0.2) is 0 Å². The molecule has 1 N–H and O–H groups in total. The lowest BCUT2D eigenvalue weighted by atomic mass is 10.1. The van der Waals surface area contributed by atoms with Crippen molar-refractivity contribution in [2.75, 3.05) is 6.54 Å². The minimum Gasteiger partial charge on any atom is -0.337 e. The van der Waals surface area contributed by atoms with E-state index in [1.165, 1.54) is 0 Å². The molecule has 0 aromatic heterocycles. The van der Waals surface area contributed by atoms with E-state index in [0.29, 0.717) is 5.70 Å². The highest BCUT2D eigenvalue weighted by Crippen LogP contribution is 2.18. The first-order valence-electron chi connectivity index (χ1n) is 4.32. The second-order valence-corrected chi connectivity index (χ2v) is 3.08. The average Bonchev–Trinajstić information content (AvgIpc) is 2.32. The average molecular weight is 201 g/mol. The summed E-state index contributed by atoms with van der Waals surface area (Å²) in [6.45, 7) is 0.0487. The number of fused-ring (bicyclic) bond motifs is 1. The Kier molecular flexibility index (Phi) is 2.10. The third kappa shape index (κ3) is 1.53. The number of allylic oxidation sites excluding steroid dienone is 3. The molecule has 0 unspecified atom stereocenters. The van der Waals surface area contributed by atoms with Crippen LogP contribution in [0.2, 0.25) is 0 Å². The summed E-state index contributed by atoms with van der Waals surface area (Å²) in [5.41, 5.74) is 0.421. The van der Waals surface area contributed by atoms with Gasteiger partial charge in [-0.05, 0) is 12.2 Å². The summed E-state index contributed by atoms with van der Waals surface area (Å²) in [4.78, 5) is 24.2. The Morgan fingerprint density at radius 2 is 2.20 bits per heavy atom. The Morgan fingerprint density at radius 3 is 2.93 bits per heavy atom. The van der Waals surface area contributed by atoms with Gasteiger partial charge in [0.25, 0.3) is 5.91 Å². The monoisotopic (exact) mass is 201 g/mol. The van der Waals surface area contributed by atoms with Gasteiger partial charge in [-0.2, -0.15) is 5.26 Å². The van der Waals surface area contributed by atoms with E-state index >= 15 is 0 Å². The van der Waals surface area contributed by atoms with Crippen molar-refractivity contribution in [2.45, 2.75) is 0 Å². The van der Waals surface area contributed by atoms with Crippen LogP contribution < -0.4 is 5.32 Å². The van der Waals surface area contributed by atoms with Crippen LogP contribution in [0.1, 0.15) is 0 Å². The van der Waals surface area contributed by atoms with E-state index in [1.54, 1.807) is 35.4 Å². The molecule has 0 saturated heterocycles. The number of amides is 2. The van der Waals surface area contributed by atoms with Crippen molar-refractivity contribution in [3.63, 3.8) is 0 Å². The van der Waals surface area contributed by atoms with Crippen LogP contribution in [0.5, 0.6) is 0 Å². The third-order valence-electron chi connectivity index (χ3n) is 2.10. The maximum Gasteiger partial charge on any atom is 0.270 e. The largest absolute Gasteiger partial charge is 0.337 e. The molecule has 0 bridgehead atoms. The van der Waals surface area contributed by atoms with E-state index in [9.17, 15) is 9.59 Å². The summed E-state index contributed by atoms with van der Waals surface area (Å²) in [6.07, 6.45) is 6.75. The van der Waals surface area contributed by atoms with E-state index < -0.39 is 11.8 Å². The fraction of sp³-hybridized carbons (Fsp3) is 0.100. The van der Waals surface area contributed by atoms with Gasteiger partial charge >= 0.3 is 0 Å². The van der Waals surface area contributed by atoms with Gasteiger partial charge in [-0.3, -0.25) is 14.9 Å². The number of carbonyl (C=O) groups is 2. The lowest BCUT2D eigenvalue weighted by Gasteiger charge is -2.20. The van der Waals surface area contributed by atoms with Crippen LogP contribution in [0.3, 0.4) is 0 Å². The van der Waals surface area contributed by atoms with E-state index in [-0.39, 0.29) is 12.1 Å². The van der Waals surface area contributed by atoms with Gasteiger partial charge < -0.3 is 4.90 Å². The molecule has 0 spiro atoms. The second-order valence-electron chi connectivity index (χ2n) is 3.08. The normalized spacial score (nSPS) is 19.5. The van der Waals surface area contributed by atoms with Crippen molar-refractivity contribution in [3.8, 4) is 6.07 Å². The van der Waals surface area contributed by atoms with Crippen molar-refractivity contribution in [3.05, 3.63) is 35.7 Å². The minimum absolute atomic E-state index is 0.0403. The lowest BCUT2D eigenvalue weighted by molar-refractivity contribution is -0.127. The Bertz CT molecular complexity index is 466. The molecular weight excluding hydrogens is 194 g/mol. The number of hydrogen-bond acceptors (Lipinski definition) is 4. The predicted octanol–water partition coefficient (Wildman–Crippen LogP) is -0.194. The first kappa shape index (κ1) is 9.21. The van der Waals surface area contributed by atoms with Gasteiger partial charge in [-0.1, -0.05) is 6.08 Å². The van der Waals surface area contributed by atoms with Crippen LogP contribution in [0.15, 0.2) is 35.7 Å². The van der Waals surface area contributed by atoms with Crippen molar-refractivity contribution in [1.82, 2.24) is 10.2 Å². The Hall–Kier alpha value is -2.35. The first-order chi connectivity index (χ1) is 7.22. The molecule has 5 nitrogen and oxygen atoms in total. The van der Waals surface area contributed by atoms with Crippen LogP contribution in [0, 0.1) is 11.3 Å². The third-order valence-corrected chi connectivity index (χ3v) is 2.10. The van der Waals surface area contributed by atoms with Crippen LogP contribution in [-0.2, 0) is 9.59 Å². The van der Waals surface area contributed by atoms with Gasteiger partial charge in [0, 0.05) is 6.20 Å². The molecule has 15 heavy (non-hydrogen) atoms. The van der Waals surface area contributed by atoms with Crippen molar-refractivity contribution in [2.24, 2.45) is 0 Å². The van der Waals surface area contributed by atoms with Gasteiger partial charge in [0.15, 0.2) is 0 Å². The number of nitriles is 1. The predicted molar refractivity (Wildman–Crippen MR) is 50.8 cm³/mol. The summed E-state index contributed by atoms with van der Waals surface area (Å²) in [7, 11) is 0. The molecule has 0 atom stereocenters. The smallest absolute Gasteiger partial charge is 0.270 e. The molecule has 2 amide bonds. The molecule has 0 aromatic carbocycles. The highest BCUT2D eigenvalue weighted by atomic mass is 16.2. The van der Waals surface area contributed by atoms with E-state index in [4.69, 9.17) is 5.26 Å². The molecule has 0 saturated carbocycles. The molecule has 2 aliphatic heterocycles. The number of nitrogens with one attached hydrogen (secondary N) is 1. The summed E-state index contributed by atoms with van der Waals surface area (Å²) in [6, 6.07) is 1.80. The highest BCUT2D eigenvalue weighted by molar-refractivity contribution is 6.08. The molecule has 0 radical (unpaired) electrons. The summed E-state index contributed by atoms with van der Waals surface area (Å²) in [5, 5.41) is 11.0. The lowest BCUT2D eigenvalue weighted by Crippen LogP contribution is -2.34. The standard InChI is InChI=1S/C10H7N3O2/c11-5-7-8-3-1-2-4-13(8)6-9(14)12-10(7)15/h1-4H,6H2,(H,12,14,15). The molecule has 5 heteroatoms. The first-order valence-corrected chi connectivity index (χ1v) is 4.32. The molecule has 0 fully saturated rings. The van der Waals surface area contributed by atoms with Crippen molar-refractivity contribution >= 4 is 11.8 Å². The van der Waals surface area contributed by atoms with E-state index in [1.807, 2.05) is 0 Å². The van der Waals surface area contributed by atoms with Crippen molar-refractivity contribution in [1.29, 1.82) is 5.26 Å².